The highest BCUT2D eigenvalue weighted by Crippen LogP contribution is 2.44. The molecular weight excluding hydrogens is 504 g/mol. The monoisotopic (exact) mass is 531 g/mol. The molecule has 2 aliphatic heterocycles. The van der Waals surface area contributed by atoms with Gasteiger partial charge in [0.1, 0.15) is 0 Å². The Morgan fingerprint density at radius 1 is 1.17 bits per heavy atom. The van der Waals surface area contributed by atoms with Gasteiger partial charge < -0.3 is 19.8 Å². The SMILES string of the molecule is COCCN1CC[C@]2(CN(Cc3cccnc3)C[C@H]2C)C1=O.O=C(O)C(F)(F)F.O=C(O)C(F)(F)F. The average Bonchev–Trinajstić information content (AvgIpc) is 3.26. The molecule has 1 amide bonds. The number of carbonyl (C=O) groups is 3. The standard InChI is InChI=1S/C17H25N3O2.2C2HF3O2/c1-14-11-19(12-15-4-3-6-18-10-15)13-17(14)5-7-20(16(17)21)8-9-22-2;2*3-2(4,5)1(6)7/h3-4,6,10,14H,5,7-9,11-13H2,1-2H3;2*(H,6,7)/t14-,17-;;/m1../s1. The molecule has 2 saturated heterocycles. The van der Waals surface area contributed by atoms with E-state index in [2.05, 4.69) is 22.9 Å². The summed E-state index contributed by atoms with van der Waals surface area (Å²) in [5.74, 6) is -4.78. The molecule has 0 aliphatic carbocycles. The third-order valence-corrected chi connectivity index (χ3v) is 5.70. The van der Waals surface area contributed by atoms with Crippen LogP contribution in [0.2, 0.25) is 0 Å². The van der Waals surface area contributed by atoms with E-state index in [0.29, 0.717) is 25.0 Å². The number of aromatic nitrogens is 1. The Balaban J connectivity index is 0.000000383. The summed E-state index contributed by atoms with van der Waals surface area (Å²) in [6.45, 7) is 7.16. The van der Waals surface area contributed by atoms with Crippen LogP contribution in [0.25, 0.3) is 0 Å². The smallest absolute Gasteiger partial charge is 0.475 e. The van der Waals surface area contributed by atoms with E-state index in [9.17, 15) is 31.1 Å². The van der Waals surface area contributed by atoms with Crippen LogP contribution in [-0.4, -0.2) is 95.1 Å². The second kappa shape index (κ2) is 12.9. The predicted octanol–water partition coefficient (Wildman–Crippen LogP) is 2.66. The molecule has 9 nitrogen and oxygen atoms in total. The molecule has 1 aromatic heterocycles. The first kappa shape index (κ1) is 31.1. The molecule has 0 unspecified atom stereocenters. The van der Waals surface area contributed by atoms with Gasteiger partial charge in [0.2, 0.25) is 5.91 Å². The van der Waals surface area contributed by atoms with E-state index in [1.165, 1.54) is 5.56 Å². The van der Waals surface area contributed by atoms with Crippen molar-refractivity contribution in [3.8, 4) is 0 Å². The van der Waals surface area contributed by atoms with Gasteiger partial charge in [-0.25, -0.2) is 9.59 Å². The fourth-order valence-corrected chi connectivity index (χ4v) is 3.93. The Morgan fingerprint density at radius 2 is 1.72 bits per heavy atom. The summed E-state index contributed by atoms with van der Waals surface area (Å²) in [5.41, 5.74) is 1.03. The van der Waals surface area contributed by atoms with Crippen LogP contribution >= 0.6 is 0 Å². The average molecular weight is 531 g/mol. The number of halogens is 6. The fourth-order valence-electron chi connectivity index (χ4n) is 3.93. The van der Waals surface area contributed by atoms with Crippen LogP contribution in [0.15, 0.2) is 24.5 Å². The van der Waals surface area contributed by atoms with E-state index in [1.807, 2.05) is 17.2 Å². The van der Waals surface area contributed by atoms with Crippen molar-refractivity contribution in [3.63, 3.8) is 0 Å². The van der Waals surface area contributed by atoms with Gasteiger partial charge in [0, 0.05) is 52.2 Å². The first-order valence-electron chi connectivity index (χ1n) is 10.5. The Kier molecular flexibility index (Phi) is 11.1. The highest BCUT2D eigenvalue weighted by molar-refractivity contribution is 5.86. The van der Waals surface area contributed by atoms with Crippen molar-refractivity contribution in [1.82, 2.24) is 14.8 Å². The number of pyridine rings is 1. The maximum absolute atomic E-state index is 12.9. The van der Waals surface area contributed by atoms with E-state index >= 15 is 0 Å². The quantitative estimate of drug-likeness (QED) is 0.557. The van der Waals surface area contributed by atoms with Crippen LogP contribution in [0, 0.1) is 11.3 Å². The van der Waals surface area contributed by atoms with Gasteiger partial charge in [-0.1, -0.05) is 13.0 Å². The lowest BCUT2D eigenvalue weighted by molar-refractivity contribution is -0.193. The molecule has 3 heterocycles. The van der Waals surface area contributed by atoms with Crippen LogP contribution in [0.3, 0.4) is 0 Å². The third-order valence-electron chi connectivity index (χ3n) is 5.70. The van der Waals surface area contributed by atoms with Crippen LogP contribution in [0.1, 0.15) is 18.9 Å². The second-order valence-corrected chi connectivity index (χ2v) is 8.23. The van der Waals surface area contributed by atoms with E-state index in [0.717, 1.165) is 32.6 Å². The maximum Gasteiger partial charge on any atom is 0.490 e. The summed E-state index contributed by atoms with van der Waals surface area (Å²) in [5, 5.41) is 14.2. The number of nitrogens with zero attached hydrogens (tertiary/aromatic N) is 3. The molecule has 1 spiro atoms. The van der Waals surface area contributed by atoms with Gasteiger partial charge >= 0.3 is 24.3 Å². The Morgan fingerprint density at radius 3 is 2.17 bits per heavy atom. The van der Waals surface area contributed by atoms with Crippen molar-refractivity contribution < 1.29 is 55.7 Å². The minimum absolute atomic E-state index is 0.185. The minimum Gasteiger partial charge on any atom is -0.475 e. The summed E-state index contributed by atoms with van der Waals surface area (Å²) in [6.07, 6.45) is -5.48. The number of alkyl halides is 6. The summed E-state index contributed by atoms with van der Waals surface area (Å²) in [7, 11) is 1.68. The zero-order valence-electron chi connectivity index (χ0n) is 19.5. The molecule has 2 N–H and O–H groups in total. The van der Waals surface area contributed by atoms with Gasteiger partial charge in [0.25, 0.3) is 0 Å². The number of hydrogen-bond acceptors (Lipinski definition) is 6. The molecular formula is C21H27F6N3O6. The number of methoxy groups -OCH3 is 1. The van der Waals surface area contributed by atoms with Crippen LogP contribution < -0.4 is 0 Å². The number of likely N-dealkylation sites (tertiary alicyclic amines) is 2. The summed E-state index contributed by atoms with van der Waals surface area (Å²) in [4.78, 5) is 39.2. The van der Waals surface area contributed by atoms with Crippen molar-refractivity contribution in [2.45, 2.75) is 32.2 Å². The van der Waals surface area contributed by atoms with E-state index < -0.39 is 24.3 Å². The first-order chi connectivity index (χ1) is 16.5. The van der Waals surface area contributed by atoms with Gasteiger partial charge in [-0.2, -0.15) is 26.3 Å². The highest BCUT2D eigenvalue weighted by Gasteiger charge is 2.54. The number of ether oxygens (including phenoxy) is 1. The maximum atomic E-state index is 12.9. The molecule has 0 aromatic carbocycles. The Hall–Kier alpha value is -2.94. The van der Waals surface area contributed by atoms with E-state index in [-0.39, 0.29) is 5.41 Å². The van der Waals surface area contributed by atoms with Crippen molar-refractivity contribution in [1.29, 1.82) is 0 Å². The molecule has 0 bridgehead atoms. The molecule has 0 saturated carbocycles. The first-order valence-corrected chi connectivity index (χ1v) is 10.5. The van der Waals surface area contributed by atoms with Crippen molar-refractivity contribution in [2.75, 3.05) is 39.9 Å². The molecule has 204 valence electrons. The largest absolute Gasteiger partial charge is 0.490 e. The fraction of sp³-hybridized carbons (Fsp3) is 0.619. The van der Waals surface area contributed by atoms with Gasteiger partial charge in [-0.3, -0.25) is 14.7 Å². The van der Waals surface area contributed by atoms with Crippen LogP contribution in [0.5, 0.6) is 0 Å². The predicted molar refractivity (Wildman–Crippen MR) is 112 cm³/mol. The molecule has 1 aromatic rings. The molecule has 2 atom stereocenters. The van der Waals surface area contributed by atoms with Gasteiger partial charge in [-0.05, 0) is 24.0 Å². The lowest BCUT2D eigenvalue weighted by atomic mass is 9.78. The zero-order chi connectivity index (χ0) is 27.7. The molecule has 36 heavy (non-hydrogen) atoms. The molecule has 2 fully saturated rings. The normalized spacial score (nSPS) is 22.1. The summed E-state index contributed by atoms with van der Waals surface area (Å²) < 4.78 is 68.6. The van der Waals surface area contributed by atoms with Gasteiger partial charge in [0.05, 0.1) is 12.0 Å². The minimum atomic E-state index is -5.08. The van der Waals surface area contributed by atoms with Crippen molar-refractivity contribution in [2.24, 2.45) is 11.3 Å². The van der Waals surface area contributed by atoms with Crippen LogP contribution in [0.4, 0.5) is 26.3 Å². The molecule has 15 heteroatoms. The van der Waals surface area contributed by atoms with Crippen molar-refractivity contribution >= 4 is 17.8 Å². The lowest BCUT2D eigenvalue weighted by Gasteiger charge is -2.26. The van der Waals surface area contributed by atoms with Crippen molar-refractivity contribution in [3.05, 3.63) is 30.1 Å². The number of carboxylic acids is 2. The number of aliphatic carboxylic acids is 2. The Labute approximate surface area is 202 Å². The number of carboxylic acid groups (broad SMARTS) is 2. The summed E-state index contributed by atoms with van der Waals surface area (Å²) in [6, 6.07) is 4.07. The third kappa shape index (κ3) is 8.93. The molecule has 3 rings (SSSR count). The second-order valence-electron chi connectivity index (χ2n) is 8.23. The Bertz CT molecular complexity index is 859. The van der Waals surface area contributed by atoms with Gasteiger partial charge in [0.15, 0.2) is 0 Å². The number of carbonyl (C=O) groups excluding carboxylic acids is 1. The topological polar surface area (TPSA) is 120 Å². The molecule has 0 radical (unpaired) electrons. The highest BCUT2D eigenvalue weighted by atomic mass is 19.4. The lowest BCUT2D eigenvalue weighted by Crippen LogP contribution is -2.40. The van der Waals surface area contributed by atoms with Crippen LogP contribution in [-0.2, 0) is 25.7 Å². The van der Waals surface area contributed by atoms with Gasteiger partial charge in [-0.15, -0.1) is 0 Å². The number of hydrogen-bond donors (Lipinski definition) is 2. The molecule has 2 aliphatic rings. The zero-order valence-corrected chi connectivity index (χ0v) is 19.5. The summed E-state index contributed by atoms with van der Waals surface area (Å²) >= 11 is 0. The van der Waals surface area contributed by atoms with E-state index in [1.54, 1.807) is 13.3 Å². The van der Waals surface area contributed by atoms with E-state index in [4.69, 9.17) is 24.5 Å². The number of rotatable bonds is 5. The number of amides is 1.